The zero-order valence-corrected chi connectivity index (χ0v) is 27.1. The molecule has 6 aromatic carbocycles. The van der Waals surface area contributed by atoms with Gasteiger partial charge in [0.25, 0.3) is 0 Å². The third kappa shape index (κ3) is 4.33. The summed E-state index contributed by atoms with van der Waals surface area (Å²) in [6.45, 7) is 4.00. The molecule has 0 N–H and O–H groups in total. The van der Waals surface area contributed by atoms with Crippen molar-refractivity contribution in [2.75, 3.05) is 0 Å². The highest BCUT2D eigenvalue weighted by Crippen LogP contribution is 2.43. The smallest absolute Gasteiger partial charge is 0.236 e. The molecule has 0 saturated carbocycles. The standard InChI is InChI=1S/C41H25N3S.C2H6/c1-2-10-26(11-3-1)39-38-32-16-6-7-19-36(32)45-40(38)43-41(42-39)44-34-18-9-17-31(30-21-20-25-14-8-15-27(25)22-30)37(34)33-23-28-12-4-5-13-29(28)24-35(33)44;1-2/h1-13,15-24H,14H2;1-2H3. The van der Waals surface area contributed by atoms with E-state index >= 15 is 0 Å². The summed E-state index contributed by atoms with van der Waals surface area (Å²) in [5, 5.41) is 7.16. The molecule has 0 atom stereocenters. The summed E-state index contributed by atoms with van der Waals surface area (Å²) in [4.78, 5) is 11.7. The predicted molar refractivity (Wildman–Crippen MR) is 202 cm³/mol. The van der Waals surface area contributed by atoms with Gasteiger partial charge in [-0.25, -0.2) is 9.97 Å². The van der Waals surface area contributed by atoms with Gasteiger partial charge >= 0.3 is 0 Å². The Kier molecular flexibility index (Phi) is 6.51. The van der Waals surface area contributed by atoms with Gasteiger partial charge in [-0.2, -0.15) is 0 Å². The molecule has 0 aliphatic heterocycles. The van der Waals surface area contributed by atoms with Gasteiger partial charge in [0, 0.05) is 31.8 Å². The van der Waals surface area contributed by atoms with E-state index in [0.29, 0.717) is 5.95 Å². The fourth-order valence-corrected chi connectivity index (χ4v) is 8.21. The maximum atomic E-state index is 5.42. The number of thiophene rings is 1. The maximum absolute atomic E-state index is 5.42. The molecule has 9 aromatic rings. The number of nitrogens with zero attached hydrogens (tertiary/aromatic N) is 3. The first-order chi connectivity index (χ1) is 23.3. The van der Waals surface area contributed by atoms with E-state index in [4.69, 9.17) is 9.97 Å². The normalized spacial score (nSPS) is 12.3. The Hall–Kier alpha value is -5.58. The van der Waals surface area contributed by atoms with E-state index in [1.165, 1.54) is 53.9 Å². The van der Waals surface area contributed by atoms with E-state index in [0.717, 1.165) is 38.9 Å². The summed E-state index contributed by atoms with van der Waals surface area (Å²) >= 11 is 1.74. The molecular weight excluding hydrogens is 591 g/mol. The van der Waals surface area contributed by atoms with Gasteiger partial charge in [0.15, 0.2) is 0 Å². The first kappa shape index (κ1) is 27.7. The molecule has 0 amide bonds. The maximum Gasteiger partial charge on any atom is 0.236 e. The first-order valence-electron chi connectivity index (χ1n) is 16.3. The molecule has 4 heteroatoms. The minimum absolute atomic E-state index is 0.692. The lowest BCUT2D eigenvalue weighted by atomic mass is 9.96. The Morgan fingerprint density at radius 3 is 2.28 bits per heavy atom. The molecule has 0 fully saturated rings. The van der Waals surface area contributed by atoms with Crippen LogP contribution in [0.1, 0.15) is 25.0 Å². The SMILES string of the molecule is C1=Cc2cc(-c3cccc4c3c3cc5ccccc5cc3n4-c3nc(-c4ccccc4)c4c(n3)sc3ccccc34)ccc2C1.CC. The molecule has 1 aliphatic carbocycles. The van der Waals surface area contributed by atoms with Crippen LogP contribution in [0.5, 0.6) is 0 Å². The summed E-state index contributed by atoms with van der Waals surface area (Å²) in [5.74, 6) is 0.692. The molecule has 0 saturated heterocycles. The van der Waals surface area contributed by atoms with E-state index in [2.05, 4.69) is 144 Å². The van der Waals surface area contributed by atoms with Crippen LogP contribution in [0.2, 0.25) is 0 Å². The number of benzene rings is 6. The quantitative estimate of drug-likeness (QED) is 0.196. The summed E-state index contributed by atoms with van der Waals surface area (Å²) < 4.78 is 3.50. The predicted octanol–water partition coefficient (Wildman–Crippen LogP) is 12.0. The molecule has 1 aliphatic rings. The summed E-state index contributed by atoms with van der Waals surface area (Å²) in [7, 11) is 0. The van der Waals surface area contributed by atoms with Crippen LogP contribution in [-0.2, 0) is 6.42 Å². The van der Waals surface area contributed by atoms with Gasteiger partial charge in [-0.15, -0.1) is 11.3 Å². The molecule has 10 rings (SSSR count). The van der Waals surface area contributed by atoms with Gasteiger partial charge in [0.1, 0.15) is 4.83 Å². The van der Waals surface area contributed by atoms with E-state index in [1.54, 1.807) is 11.3 Å². The van der Waals surface area contributed by atoms with Gasteiger partial charge in [-0.3, -0.25) is 4.57 Å². The lowest BCUT2D eigenvalue weighted by molar-refractivity contribution is 1.02. The van der Waals surface area contributed by atoms with Crippen LogP contribution in [0.15, 0.2) is 133 Å². The van der Waals surface area contributed by atoms with E-state index < -0.39 is 0 Å². The second-order valence-corrected chi connectivity index (χ2v) is 12.8. The van der Waals surface area contributed by atoms with Crippen molar-refractivity contribution in [2.24, 2.45) is 0 Å². The molecule has 0 bridgehead atoms. The fourth-order valence-electron chi connectivity index (χ4n) is 7.14. The van der Waals surface area contributed by atoms with Crippen molar-refractivity contribution < 1.29 is 0 Å². The van der Waals surface area contributed by atoms with Gasteiger partial charge in [0.05, 0.1) is 16.7 Å². The monoisotopic (exact) mass is 621 g/mol. The number of hydrogen-bond donors (Lipinski definition) is 0. The number of hydrogen-bond acceptors (Lipinski definition) is 3. The van der Waals surface area contributed by atoms with Crippen LogP contribution >= 0.6 is 11.3 Å². The van der Waals surface area contributed by atoms with Crippen LogP contribution in [0.4, 0.5) is 0 Å². The lowest BCUT2D eigenvalue weighted by Gasteiger charge is -2.11. The zero-order chi connectivity index (χ0) is 31.5. The van der Waals surface area contributed by atoms with E-state index in [1.807, 2.05) is 13.8 Å². The van der Waals surface area contributed by atoms with Crippen molar-refractivity contribution in [2.45, 2.75) is 20.3 Å². The van der Waals surface area contributed by atoms with Crippen molar-refractivity contribution in [1.29, 1.82) is 0 Å². The van der Waals surface area contributed by atoms with Crippen molar-refractivity contribution in [3.8, 4) is 28.3 Å². The van der Waals surface area contributed by atoms with Crippen molar-refractivity contribution in [1.82, 2.24) is 14.5 Å². The molecule has 3 nitrogen and oxygen atoms in total. The Labute approximate surface area is 277 Å². The highest BCUT2D eigenvalue weighted by atomic mass is 32.1. The summed E-state index contributed by atoms with van der Waals surface area (Å²) in [6, 6.07) is 45.9. The molecule has 0 unspecified atom stereocenters. The third-order valence-corrected chi connectivity index (χ3v) is 10.3. The van der Waals surface area contributed by atoms with E-state index in [9.17, 15) is 0 Å². The van der Waals surface area contributed by atoms with Crippen LogP contribution in [0.3, 0.4) is 0 Å². The first-order valence-corrected chi connectivity index (χ1v) is 17.1. The molecule has 3 heterocycles. The molecule has 224 valence electrons. The van der Waals surface area contributed by atoms with Crippen LogP contribution < -0.4 is 0 Å². The molecule has 0 spiro atoms. The minimum atomic E-state index is 0.692. The third-order valence-electron chi connectivity index (χ3n) is 9.22. The summed E-state index contributed by atoms with van der Waals surface area (Å²) in [5.41, 5.74) is 9.41. The van der Waals surface area contributed by atoms with Crippen molar-refractivity contribution in [3.63, 3.8) is 0 Å². The topological polar surface area (TPSA) is 30.7 Å². The second-order valence-electron chi connectivity index (χ2n) is 11.8. The summed E-state index contributed by atoms with van der Waals surface area (Å²) in [6.07, 6.45) is 5.50. The van der Waals surface area contributed by atoms with E-state index in [-0.39, 0.29) is 0 Å². The number of allylic oxidation sites excluding steroid dienone is 1. The Morgan fingerprint density at radius 1 is 0.617 bits per heavy atom. The lowest BCUT2D eigenvalue weighted by Crippen LogP contribution is -2.02. The Balaban J connectivity index is 0.00000149. The number of aromatic nitrogens is 3. The minimum Gasteiger partial charge on any atom is -0.278 e. The van der Waals surface area contributed by atoms with Crippen molar-refractivity contribution >= 4 is 70.3 Å². The zero-order valence-electron chi connectivity index (χ0n) is 26.2. The molecule has 47 heavy (non-hydrogen) atoms. The number of rotatable bonds is 3. The van der Waals surface area contributed by atoms with Gasteiger partial charge in [-0.1, -0.05) is 123 Å². The average molecular weight is 622 g/mol. The van der Waals surface area contributed by atoms with Crippen LogP contribution in [-0.4, -0.2) is 14.5 Å². The Bertz CT molecular complexity index is 2680. The molecule has 0 radical (unpaired) electrons. The van der Waals surface area contributed by atoms with Gasteiger partial charge < -0.3 is 0 Å². The molecular formula is C43H31N3S. The fraction of sp³-hybridized carbons (Fsp3) is 0.0698. The molecule has 3 aromatic heterocycles. The van der Waals surface area contributed by atoms with Crippen LogP contribution in [0.25, 0.3) is 87.3 Å². The highest BCUT2D eigenvalue weighted by molar-refractivity contribution is 7.25. The van der Waals surface area contributed by atoms with Gasteiger partial charge in [0.2, 0.25) is 5.95 Å². The second kappa shape index (κ2) is 11.0. The Morgan fingerprint density at radius 2 is 1.40 bits per heavy atom. The average Bonchev–Trinajstić information content (AvgIpc) is 3.85. The van der Waals surface area contributed by atoms with Gasteiger partial charge in [-0.05, 0) is 69.8 Å². The van der Waals surface area contributed by atoms with Crippen molar-refractivity contribution in [3.05, 3.63) is 145 Å². The largest absolute Gasteiger partial charge is 0.278 e. The van der Waals surface area contributed by atoms with Crippen LogP contribution in [0, 0.1) is 0 Å². The highest BCUT2D eigenvalue weighted by Gasteiger charge is 2.22. The number of fused-ring (bicyclic) bond motifs is 8.